The largest absolute Gasteiger partial charge is 0.490 e. The van der Waals surface area contributed by atoms with Crippen molar-refractivity contribution in [2.75, 3.05) is 19.8 Å². The molecule has 2 aromatic carbocycles. The number of nitrogens with zero attached hydrogens (tertiary/aromatic N) is 1. The molecular formula is C23H27NO7. The number of non-ortho nitro benzene ring substituents is 1. The van der Waals surface area contributed by atoms with Gasteiger partial charge in [-0.05, 0) is 30.7 Å². The van der Waals surface area contributed by atoms with E-state index in [0.29, 0.717) is 12.4 Å². The first-order valence-electron chi connectivity index (χ1n) is 10.3. The van der Waals surface area contributed by atoms with E-state index in [1.165, 1.54) is 36.4 Å². The van der Waals surface area contributed by atoms with Crippen molar-refractivity contribution < 1.29 is 28.7 Å². The lowest BCUT2D eigenvalue weighted by Crippen LogP contribution is -2.17. The third-order valence-corrected chi connectivity index (χ3v) is 4.48. The molecule has 0 heterocycles. The second kappa shape index (κ2) is 13.0. The van der Waals surface area contributed by atoms with Crippen LogP contribution in [0.3, 0.4) is 0 Å². The van der Waals surface area contributed by atoms with Crippen LogP contribution < -0.4 is 4.74 Å². The Labute approximate surface area is 181 Å². The second-order valence-corrected chi connectivity index (χ2v) is 6.83. The van der Waals surface area contributed by atoms with Crippen molar-refractivity contribution in [1.82, 2.24) is 0 Å². The topological polar surface area (TPSA) is 105 Å². The first-order chi connectivity index (χ1) is 15.0. The van der Waals surface area contributed by atoms with E-state index in [1.807, 2.05) is 0 Å². The van der Waals surface area contributed by atoms with E-state index in [4.69, 9.17) is 14.2 Å². The zero-order valence-electron chi connectivity index (χ0n) is 17.6. The van der Waals surface area contributed by atoms with Crippen LogP contribution in [0.4, 0.5) is 5.69 Å². The Morgan fingerprint density at radius 1 is 0.806 bits per heavy atom. The molecule has 0 bridgehead atoms. The smallest absolute Gasteiger partial charge is 0.339 e. The number of benzene rings is 2. The normalized spacial score (nSPS) is 10.4. The number of nitro groups is 1. The molecule has 0 fully saturated rings. The molecule has 0 amide bonds. The van der Waals surface area contributed by atoms with Gasteiger partial charge >= 0.3 is 11.9 Å². The summed E-state index contributed by atoms with van der Waals surface area (Å²) in [6.45, 7) is 2.47. The molecule has 0 spiro atoms. The third kappa shape index (κ3) is 8.08. The molecule has 0 atom stereocenters. The maximum atomic E-state index is 12.4. The van der Waals surface area contributed by atoms with Crippen LogP contribution in [0.1, 0.15) is 59.7 Å². The summed E-state index contributed by atoms with van der Waals surface area (Å²) < 4.78 is 15.9. The molecule has 0 aliphatic heterocycles. The van der Waals surface area contributed by atoms with E-state index >= 15 is 0 Å². The standard InChI is InChI=1S/C23H27NO7/c1-2-3-4-5-8-15-30-22(25)20-9-6-7-10-21(20)23(26)31-17-16-29-19-13-11-18(12-14-19)24(27)28/h6-7,9-14H,2-5,8,15-17H2,1H3. The summed E-state index contributed by atoms with van der Waals surface area (Å²) in [7, 11) is 0. The molecule has 2 aromatic rings. The fraction of sp³-hybridized carbons (Fsp3) is 0.391. The molecule has 2 rings (SSSR count). The number of esters is 2. The lowest BCUT2D eigenvalue weighted by molar-refractivity contribution is -0.384. The highest BCUT2D eigenvalue weighted by Gasteiger charge is 2.19. The zero-order chi connectivity index (χ0) is 22.5. The Morgan fingerprint density at radius 2 is 1.39 bits per heavy atom. The highest BCUT2D eigenvalue weighted by atomic mass is 16.6. The van der Waals surface area contributed by atoms with Gasteiger partial charge in [0.2, 0.25) is 0 Å². The van der Waals surface area contributed by atoms with Crippen molar-refractivity contribution in [1.29, 1.82) is 0 Å². The molecule has 8 nitrogen and oxygen atoms in total. The summed E-state index contributed by atoms with van der Waals surface area (Å²) in [6.07, 6.45) is 5.21. The molecule has 0 aromatic heterocycles. The van der Waals surface area contributed by atoms with E-state index in [1.54, 1.807) is 12.1 Å². The minimum atomic E-state index is -0.650. The molecular weight excluding hydrogens is 402 g/mol. The fourth-order valence-electron chi connectivity index (χ4n) is 2.82. The van der Waals surface area contributed by atoms with Crippen molar-refractivity contribution in [3.8, 4) is 5.75 Å². The quantitative estimate of drug-likeness (QED) is 0.192. The van der Waals surface area contributed by atoms with Gasteiger partial charge in [0, 0.05) is 12.1 Å². The van der Waals surface area contributed by atoms with Crippen LogP contribution in [-0.4, -0.2) is 36.7 Å². The molecule has 166 valence electrons. The average Bonchev–Trinajstić information content (AvgIpc) is 2.79. The van der Waals surface area contributed by atoms with E-state index in [2.05, 4.69) is 6.92 Å². The van der Waals surface area contributed by atoms with Gasteiger partial charge in [-0.15, -0.1) is 0 Å². The summed E-state index contributed by atoms with van der Waals surface area (Å²) in [5.74, 6) is -0.780. The van der Waals surface area contributed by atoms with Gasteiger partial charge in [0.05, 0.1) is 22.7 Å². The zero-order valence-corrected chi connectivity index (χ0v) is 17.6. The molecule has 8 heteroatoms. The lowest BCUT2D eigenvalue weighted by atomic mass is 10.1. The molecule has 0 saturated carbocycles. The SMILES string of the molecule is CCCCCCCOC(=O)c1ccccc1C(=O)OCCOc1ccc([N+](=O)[O-])cc1. The van der Waals surface area contributed by atoms with E-state index < -0.39 is 16.9 Å². The minimum absolute atomic E-state index is 0.0387. The summed E-state index contributed by atoms with van der Waals surface area (Å²) in [4.78, 5) is 34.9. The Hall–Kier alpha value is -3.42. The molecule has 0 aliphatic rings. The van der Waals surface area contributed by atoms with Crippen molar-refractivity contribution in [3.05, 3.63) is 69.8 Å². The summed E-state index contributed by atoms with van der Waals surface area (Å²) in [5, 5.41) is 10.6. The van der Waals surface area contributed by atoms with Gasteiger partial charge in [-0.25, -0.2) is 9.59 Å². The molecule has 0 aliphatic carbocycles. The molecule has 0 radical (unpaired) electrons. The van der Waals surface area contributed by atoms with E-state index in [0.717, 1.165) is 32.1 Å². The fourth-order valence-corrected chi connectivity index (χ4v) is 2.82. The van der Waals surface area contributed by atoms with Crippen molar-refractivity contribution in [2.24, 2.45) is 0 Å². The Morgan fingerprint density at radius 3 is 1.97 bits per heavy atom. The Kier molecular flexibility index (Phi) is 10.0. The first-order valence-corrected chi connectivity index (χ1v) is 10.3. The number of ether oxygens (including phenoxy) is 3. The predicted octanol–water partition coefficient (Wildman–Crippen LogP) is 4.96. The van der Waals surface area contributed by atoms with Gasteiger partial charge in [-0.3, -0.25) is 10.1 Å². The molecule has 0 unspecified atom stereocenters. The maximum Gasteiger partial charge on any atom is 0.339 e. The van der Waals surface area contributed by atoms with Gasteiger partial charge in [0.1, 0.15) is 19.0 Å². The van der Waals surface area contributed by atoms with Crippen LogP contribution in [-0.2, 0) is 9.47 Å². The van der Waals surface area contributed by atoms with E-state index in [-0.39, 0.29) is 30.0 Å². The Balaban J connectivity index is 1.79. The predicted molar refractivity (Wildman–Crippen MR) is 114 cm³/mol. The Bertz CT molecular complexity index is 864. The molecule has 0 N–H and O–H groups in total. The van der Waals surface area contributed by atoms with Gasteiger partial charge in [0.25, 0.3) is 5.69 Å². The summed E-state index contributed by atoms with van der Waals surface area (Å²) >= 11 is 0. The van der Waals surface area contributed by atoms with Crippen LogP contribution in [0.15, 0.2) is 48.5 Å². The number of unbranched alkanes of at least 4 members (excludes halogenated alkanes) is 4. The van der Waals surface area contributed by atoms with Crippen LogP contribution in [0.2, 0.25) is 0 Å². The van der Waals surface area contributed by atoms with Gasteiger partial charge in [-0.2, -0.15) is 0 Å². The highest BCUT2D eigenvalue weighted by molar-refractivity contribution is 6.03. The number of carbonyl (C=O) groups is 2. The van der Waals surface area contributed by atoms with Crippen molar-refractivity contribution in [3.63, 3.8) is 0 Å². The van der Waals surface area contributed by atoms with Gasteiger partial charge in [-0.1, -0.05) is 44.7 Å². The third-order valence-electron chi connectivity index (χ3n) is 4.48. The summed E-state index contributed by atoms with van der Waals surface area (Å²) in [5.41, 5.74) is 0.259. The van der Waals surface area contributed by atoms with Crippen LogP contribution >= 0.6 is 0 Å². The van der Waals surface area contributed by atoms with E-state index in [9.17, 15) is 19.7 Å². The van der Waals surface area contributed by atoms with Crippen molar-refractivity contribution in [2.45, 2.75) is 39.0 Å². The van der Waals surface area contributed by atoms with Gasteiger partial charge in [0.15, 0.2) is 0 Å². The average molecular weight is 429 g/mol. The number of carbonyl (C=O) groups excluding carboxylic acids is 2. The molecule has 31 heavy (non-hydrogen) atoms. The minimum Gasteiger partial charge on any atom is -0.490 e. The maximum absolute atomic E-state index is 12.4. The lowest BCUT2D eigenvalue weighted by Gasteiger charge is -2.10. The van der Waals surface area contributed by atoms with Crippen LogP contribution in [0, 0.1) is 10.1 Å². The number of nitro benzene ring substituents is 1. The highest BCUT2D eigenvalue weighted by Crippen LogP contribution is 2.17. The monoisotopic (exact) mass is 429 g/mol. The second-order valence-electron chi connectivity index (χ2n) is 6.83. The van der Waals surface area contributed by atoms with Crippen molar-refractivity contribution >= 4 is 17.6 Å². The number of rotatable bonds is 13. The van der Waals surface area contributed by atoms with Gasteiger partial charge < -0.3 is 14.2 Å². The number of hydrogen-bond acceptors (Lipinski definition) is 7. The first kappa shape index (κ1) is 23.9. The number of hydrogen-bond donors (Lipinski definition) is 0. The summed E-state index contributed by atoms with van der Waals surface area (Å²) in [6, 6.07) is 11.9. The van der Waals surface area contributed by atoms with Crippen LogP contribution in [0.5, 0.6) is 5.75 Å². The molecule has 0 saturated heterocycles. The van der Waals surface area contributed by atoms with Crippen LogP contribution in [0.25, 0.3) is 0 Å².